The van der Waals surface area contributed by atoms with Gasteiger partial charge in [0.15, 0.2) is 0 Å². The van der Waals surface area contributed by atoms with Crippen LogP contribution in [0.5, 0.6) is 0 Å². The van der Waals surface area contributed by atoms with E-state index in [4.69, 9.17) is 5.11 Å². The van der Waals surface area contributed by atoms with Crippen molar-refractivity contribution in [3.05, 3.63) is 12.2 Å². The molecule has 0 aliphatic heterocycles. The number of hydrogen-bond donors (Lipinski definition) is 2. The van der Waals surface area contributed by atoms with E-state index in [0.717, 1.165) is 19.3 Å². The molecule has 1 saturated carbocycles. The molecule has 0 aromatic heterocycles. The summed E-state index contributed by atoms with van der Waals surface area (Å²) in [6.07, 6.45) is 8.31. The lowest BCUT2D eigenvalue weighted by molar-refractivity contribution is -0.140. The molecule has 0 heterocycles. The van der Waals surface area contributed by atoms with Crippen molar-refractivity contribution in [3.63, 3.8) is 0 Å². The molecule has 2 N–H and O–H groups in total. The molecule has 106 valence electrons. The Kier molecular flexibility index (Phi) is 3.97. The van der Waals surface area contributed by atoms with E-state index in [-0.39, 0.29) is 23.3 Å². The molecule has 1 amide bonds. The molecule has 4 nitrogen and oxygen atoms in total. The summed E-state index contributed by atoms with van der Waals surface area (Å²) in [6, 6.07) is -0.119. The highest BCUT2D eigenvalue weighted by atomic mass is 16.4. The Morgan fingerprint density at radius 3 is 2.58 bits per heavy atom. The lowest BCUT2D eigenvalue weighted by Gasteiger charge is -2.38. The Hall–Kier alpha value is -1.32. The maximum atomic E-state index is 12.4. The van der Waals surface area contributed by atoms with Gasteiger partial charge in [-0.05, 0) is 24.7 Å². The van der Waals surface area contributed by atoms with Crippen LogP contribution in [0.3, 0.4) is 0 Å². The van der Waals surface area contributed by atoms with E-state index < -0.39 is 11.9 Å². The molecule has 0 radical (unpaired) electrons. The maximum Gasteiger partial charge on any atom is 0.310 e. The smallest absolute Gasteiger partial charge is 0.310 e. The summed E-state index contributed by atoms with van der Waals surface area (Å²) in [4.78, 5) is 23.2. The van der Waals surface area contributed by atoms with E-state index in [9.17, 15) is 9.59 Å². The van der Waals surface area contributed by atoms with Crippen LogP contribution in [-0.4, -0.2) is 23.0 Å². The minimum absolute atomic E-state index is 0.0524. The lowest BCUT2D eigenvalue weighted by Crippen LogP contribution is -2.44. The van der Waals surface area contributed by atoms with Gasteiger partial charge in [0.05, 0.1) is 5.92 Å². The van der Waals surface area contributed by atoms with Crippen LogP contribution in [0, 0.1) is 17.3 Å². The van der Waals surface area contributed by atoms with Crippen molar-refractivity contribution >= 4 is 11.9 Å². The van der Waals surface area contributed by atoms with Crippen LogP contribution in [-0.2, 0) is 9.59 Å². The van der Waals surface area contributed by atoms with E-state index in [1.54, 1.807) is 6.08 Å². The van der Waals surface area contributed by atoms with Crippen molar-refractivity contribution < 1.29 is 14.7 Å². The van der Waals surface area contributed by atoms with Crippen molar-refractivity contribution in [2.75, 3.05) is 0 Å². The molecule has 1 fully saturated rings. The van der Waals surface area contributed by atoms with Gasteiger partial charge in [0.1, 0.15) is 0 Å². The highest BCUT2D eigenvalue weighted by molar-refractivity contribution is 5.80. The number of amides is 1. The summed E-state index contributed by atoms with van der Waals surface area (Å²) >= 11 is 0. The van der Waals surface area contributed by atoms with Crippen molar-refractivity contribution in [2.24, 2.45) is 17.3 Å². The fraction of sp³-hybridized carbons (Fsp3) is 0.733. The van der Waals surface area contributed by atoms with Crippen molar-refractivity contribution in [1.29, 1.82) is 0 Å². The Labute approximate surface area is 114 Å². The number of rotatable bonds is 3. The van der Waals surface area contributed by atoms with Crippen LogP contribution in [0.15, 0.2) is 12.2 Å². The fourth-order valence-electron chi connectivity index (χ4n) is 3.25. The Bertz CT molecular complexity index is 400. The molecule has 2 aliphatic carbocycles. The predicted molar refractivity (Wildman–Crippen MR) is 72.6 cm³/mol. The van der Waals surface area contributed by atoms with Crippen molar-refractivity contribution in [1.82, 2.24) is 5.32 Å². The number of aliphatic carboxylic acids is 1. The number of nitrogens with one attached hydrogen (secondary N) is 1. The highest BCUT2D eigenvalue weighted by Crippen LogP contribution is 2.40. The molecule has 19 heavy (non-hydrogen) atoms. The van der Waals surface area contributed by atoms with Gasteiger partial charge < -0.3 is 10.4 Å². The zero-order valence-electron chi connectivity index (χ0n) is 11.7. The number of carbonyl (C=O) groups excluding carboxylic acids is 1. The SMILES string of the molecule is CC1(C)CCCCC1C(=O)NC1C=CC(C(=O)O)C1. The average molecular weight is 265 g/mol. The molecule has 3 unspecified atom stereocenters. The first kappa shape index (κ1) is 14.1. The Balaban J connectivity index is 1.91. The lowest BCUT2D eigenvalue weighted by atomic mass is 9.68. The first-order valence-corrected chi connectivity index (χ1v) is 7.11. The second-order valence-corrected chi connectivity index (χ2v) is 6.47. The molecule has 0 bridgehead atoms. The normalized spacial score (nSPS) is 33.1. The molecule has 2 rings (SSSR count). The predicted octanol–water partition coefficient (Wildman–Crippen LogP) is 2.35. The van der Waals surface area contributed by atoms with Gasteiger partial charge in [0, 0.05) is 12.0 Å². The molecule has 0 spiro atoms. The van der Waals surface area contributed by atoms with Gasteiger partial charge in [-0.15, -0.1) is 0 Å². The van der Waals surface area contributed by atoms with E-state index in [2.05, 4.69) is 19.2 Å². The minimum Gasteiger partial charge on any atom is -0.481 e. The molecule has 3 atom stereocenters. The molecule has 0 aromatic carbocycles. The van der Waals surface area contributed by atoms with Gasteiger partial charge in [-0.2, -0.15) is 0 Å². The van der Waals surface area contributed by atoms with E-state index in [1.165, 1.54) is 6.42 Å². The van der Waals surface area contributed by atoms with Crippen LogP contribution in [0.1, 0.15) is 46.0 Å². The topological polar surface area (TPSA) is 66.4 Å². The minimum atomic E-state index is -0.814. The van der Waals surface area contributed by atoms with Gasteiger partial charge in [-0.3, -0.25) is 9.59 Å². The van der Waals surface area contributed by atoms with Crippen molar-refractivity contribution in [2.45, 2.75) is 52.0 Å². The average Bonchev–Trinajstić information content (AvgIpc) is 2.76. The molecule has 2 aliphatic rings. The van der Waals surface area contributed by atoms with E-state index in [0.29, 0.717) is 6.42 Å². The van der Waals surface area contributed by atoms with Gasteiger partial charge in [0.25, 0.3) is 0 Å². The van der Waals surface area contributed by atoms with Crippen LogP contribution < -0.4 is 5.32 Å². The molecular weight excluding hydrogens is 242 g/mol. The van der Waals surface area contributed by atoms with Crippen LogP contribution in [0.4, 0.5) is 0 Å². The maximum absolute atomic E-state index is 12.4. The van der Waals surface area contributed by atoms with Gasteiger partial charge in [0.2, 0.25) is 5.91 Å². The third-order valence-corrected chi connectivity index (χ3v) is 4.55. The summed E-state index contributed by atoms with van der Waals surface area (Å²) in [5.74, 6) is -1.13. The molecule has 0 saturated heterocycles. The molecular formula is C15H23NO3. The van der Waals surface area contributed by atoms with Crippen molar-refractivity contribution in [3.8, 4) is 0 Å². The Morgan fingerprint density at radius 1 is 1.26 bits per heavy atom. The summed E-state index contributed by atoms with van der Waals surface area (Å²) in [5, 5.41) is 11.9. The summed E-state index contributed by atoms with van der Waals surface area (Å²) in [5.41, 5.74) is 0.0524. The summed E-state index contributed by atoms with van der Waals surface area (Å²) in [7, 11) is 0. The van der Waals surface area contributed by atoms with Crippen LogP contribution in [0.25, 0.3) is 0 Å². The fourth-order valence-corrected chi connectivity index (χ4v) is 3.25. The van der Waals surface area contributed by atoms with Gasteiger partial charge in [-0.1, -0.05) is 38.8 Å². The highest BCUT2D eigenvalue weighted by Gasteiger charge is 2.38. The Morgan fingerprint density at radius 2 is 2.00 bits per heavy atom. The third kappa shape index (κ3) is 3.17. The van der Waals surface area contributed by atoms with Crippen LogP contribution >= 0.6 is 0 Å². The second-order valence-electron chi connectivity index (χ2n) is 6.47. The first-order valence-electron chi connectivity index (χ1n) is 7.11. The largest absolute Gasteiger partial charge is 0.481 e. The number of carbonyl (C=O) groups is 2. The van der Waals surface area contributed by atoms with Gasteiger partial charge >= 0.3 is 5.97 Å². The zero-order chi connectivity index (χ0) is 14.0. The standard InChI is InChI=1S/C15H23NO3/c1-15(2)8-4-3-5-12(15)13(17)16-11-7-6-10(9-11)14(18)19/h6-7,10-12H,3-5,8-9H2,1-2H3,(H,16,17)(H,18,19). The van der Waals surface area contributed by atoms with Gasteiger partial charge in [-0.25, -0.2) is 0 Å². The quantitative estimate of drug-likeness (QED) is 0.770. The zero-order valence-corrected chi connectivity index (χ0v) is 11.7. The number of carboxylic acid groups (broad SMARTS) is 1. The number of carboxylic acids is 1. The van der Waals surface area contributed by atoms with E-state index in [1.807, 2.05) is 6.08 Å². The third-order valence-electron chi connectivity index (χ3n) is 4.55. The van der Waals surface area contributed by atoms with E-state index >= 15 is 0 Å². The summed E-state index contributed by atoms with van der Waals surface area (Å²) in [6.45, 7) is 4.31. The monoisotopic (exact) mass is 265 g/mol. The molecule has 0 aromatic rings. The van der Waals surface area contributed by atoms with Crippen LogP contribution in [0.2, 0.25) is 0 Å². The second kappa shape index (κ2) is 5.35. The first-order chi connectivity index (χ1) is 8.90. The summed E-state index contributed by atoms with van der Waals surface area (Å²) < 4.78 is 0. The number of hydrogen-bond acceptors (Lipinski definition) is 2. The molecule has 4 heteroatoms.